The van der Waals surface area contributed by atoms with E-state index in [1.165, 1.54) is 14.2 Å². The third kappa shape index (κ3) is 4.72. The number of guanidine groups is 1. The molecule has 1 aliphatic heterocycles. The molecule has 0 unspecified atom stereocenters. The first kappa shape index (κ1) is 22.4. The lowest BCUT2D eigenvalue weighted by molar-refractivity contribution is -0.238. The topological polar surface area (TPSA) is 134 Å². The first-order chi connectivity index (χ1) is 14.9. The summed E-state index contributed by atoms with van der Waals surface area (Å²) in [5.41, 5.74) is 6.88. The highest BCUT2D eigenvalue weighted by atomic mass is 16.7. The van der Waals surface area contributed by atoms with Gasteiger partial charge in [-0.05, 0) is 30.7 Å². The molecule has 31 heavy (non-hydrogen) atoms. The summed E-state index contributed by atoms with van der Waals surface area (Å²) in [4.78, 5) is 3.85. The Morgan fingerprint density at radius 2 is 2.00 bits per heavy atom. The van der Waals surface area contributed by atoms with Crippen LogP contribution in [0.15, 0.2) is 53.5 Å². The van der Waals surface area contributed by atoms with Crippen LogP contribution in [0.2, 0.25) is 0 Å². The van der Waals surface area contributed by atoms with E-state index < -0.39 is 24.0 Å². The van der Waals surface area contributed by atoms with Crippen molar-refractivity contribution in [3.8, 4) is 11.9 Å². The van der Waals surface area contributed by atoms with Crippen molar-refractivity contribution in [2.24, 2.45) is 4.99 Å². The maximum atomic E-state index is 11.3. The van der Waals surface area contributed by atoms with Gasteiger partial charge >= 0.3 is 0 Å². The van der Waals surface area contributed by atoms with Gasteiger partial charge in [-0.1, -0.05) is 30.3 Å². The third-order valence-electron chi connectivity index (χ3n) is 5.25. The fourth-order valence-electron chi connectivity index (χ4n) is 3.71. The highest BCUT2D eigenvalue weighted by Gasteiger charge is 2.52. The van der Waals surface area contributed by atoms with Crippen molar-refractivity contribution >= 4 is 11.6 Å². The van der Waals surface area contributed by atoms with Crippen LogP contribution < -0.4 is 21.1 Å². The van der Waals surface area contributed by atoms with E-state index in [0.717, 1.165) is 5.56 Å². The van der Waals surface area contributed by atoms with Gasteiger partial charge in [0.1, 0.15) is 11.9 Å². The number of aliphatic hydroxyl groups is 1. The molecular weight excluding hydrogens is 398 g/mol. The molecule has 0 fully saturated rings. The minimum atomic E-state index is -1.25. The number of nitrogens with two attached hydrogens (primary N) is 1. The Morgan fingerprint density at radius 1 is 1.29 bits per heavy atom. The van der Waals surface area contributed by atoms with Gasteiger partial charge in [0.05, 0.1) is 6.04 Å². The second kappa shape index (κ2) is 9.66. The van der Waals surface area contributed by atoms with Crippen molar-refractivity contribution in [3.63, 3.8) is 0 Å². The molecule has 0 radical (unpaired) electrons. The molecule has 0 spiro atoms. The second-order valence-corrected chi connectivity index (χ2v) is 7.35. The number of nitriles is 1. The van der Waals surface area contributed by atoms with Crippen LogP contribution in [0.3, 0.4) is 0 Å². The predicted molar refractivity (Wildman–Crippen MR) is 116 cm³/mol. The number of nitrogen functional groups attached to an aromatic ring is 1. The molecule has 0 aromatic heterocycles. The van der Waals surface area contributed by atoms with Gasteiger partial charge in [-0.3, -0.25) is 0 Å². The van der Waals surface area contributed by atoms with E-state index in [2.05, 4.69) is 15.6 Å². The summed E-state index contributed by atoms with van der Waals surface area (Å²) in [6.07, 6.45) is -0.200. The molecule has 1 heterocycles. The average molecular weight is 425 g/mol. The number of aliphatic hydroxyl groups excluding tert-OH is 1. The number of benzene rings is 2. The number of anilines is 1. The number of aliphatic imine (C=N–C) groups is 1. The molecule has 5 N–H and O–H groups in total. The Morgan fingerprint density at radius 3 is 2.65 bits per heavy atom. The molecule has 3 rings (SSSR count). The molecule has 164 valence electrons. The van der Waals surface area contributed by atoms with Crippen LogP contribution in [0.4, 0.5) is 5.69 Å². The first-order valence-electron chi connectivity index (χ1n) is 9.76. The minimum absolute atomic E-state index is 0.208. The Bertz CT molecular complexity index is 958. The van der Waals surface area contributed by atoms with Crippen molar-refractivity contribution in [1.29, 1.82) is 5.26 Å². The molecule has 0 bridgehead atoms. The lowest BCUT2D eigenvalue weighted by Crippen LogP contribution is -2.62. The molecule has 0 saturated heterocycles. The van der Waals surface area contributed by atoms with Crippen LogP contribution in [0.1, 0.15) is 24.1 Å². The second-order valence-electron chi connectivity index (χ2n) is 7.35. The molecule has 0 aliphatic carbocycles. The van der Waals surface area contributed by atoms with E-state index in [9.17, 15) is 10.4 Å². The van der Waals surface area contributed by atoms with Crippen LogP contribution in [0.25, 0.3) is 0 Å². The summed E-state index contributed by atoms with van der Waals surface area (Å²) in [5.74, 6) is 0.720. The molecule has 1 aliphatic rings. The number of nitrogens with zero attached hydrogens (tertiary/aromatic N) is 2. The van der Waals surface area contributed by atoms with E-state index in [1.54, 1.807) is 31.3 Å². The quantitative estimate of drug-likeness (QED) is 0.180. The standard InChI is InChI=1S/C22H27N5O4/c1-22(20(29-2)30-3)19(28)18(16-11-15(24)9-10-17(16)31-22)27-21(26-13-23)25-12-14-7-5-4-6-8-14/h4-11,18-20,28H,12,24H2,1-3H3,(H2,25,26,27)/t18-,19+,22+/m1/s1. The Hall–Kier alpha value is -3.32. The molecule has 0 amide bonds. The molecule has 3 atom stereocenters. The number of methoxy groups -OCH3 is 2. The zero-order valence-electron chi connectivity index (χ0n) is 17.7. The van der Waals surface area contributed by atoms with Gasteiger partial charge in [-0.15, -0.1) is 4.99 Å². The zero-order valence-corrected chi connectivity index (χ0v) is 17.7. The van der Waals surface area contributed by atoms with Crippen molar-refractivity contribution in [1.82, 2.24) is 10.6 Å². The predicted octanol–water partition coefficient (Wildman–Crippen LogP) is 1.66. The Labute approximate surface area is 181 Å². The SMILES string of the molecule is COC(OC)[C@@]1(C)Oc2ccc(N)cc2[C@@H](N/C(=N/C#N)NCc2ccccc2)[C@@H]1O. The lowest BCUT2D eigenvalue weighted by atomic mass is 9.84. The van der Waals surface area contributed by atoms with Crippen LogP contribution in [-0.2, 0) is 16.0 Å². The molecule has 9 nitrogen and oxygen atoms in total. The summed E-state index contributed by atoms with van der Waals surface area (Å²) < 4.78 is 16.9. The monoisotopic (exact) mass is 425 g/mol. The molecule has 9 heteroatoms. The van der Waals surface area contributed by atoms with Crippen LogP contribution in [-0.4, -0.2) is 43.3 Å². The van der Waals surface area contributed by atoms with Gasteiger partial charge in [0.15, 0.2) is 11.9 Å². The summed E-state index contributed by atoms with van der Waals surface area (Å²) in [7, 11) is 2.95. The van der Waals surface area contributed by atoms with E-state index in [4.69, 9.17) is 19.9 Å². The summed E-state index contributed by atoms with van der Waals surface area (Å²) in [6, 6.07) is 14.1. The van der Waals surface area contributed by atoms with Gasteiger partial charge in [-0.2, -0.15) is 5.26 Å². The van der Waals surface area contributed by atoms with Crippen LogP contribution >= 0.6 is 0 Å². The average Bonchev–Trinajstić information content (AvgIpc) is 2.77. The normalized spacial score (nSPS) is 22.9. The number of hydrogen-bond donors (Lipinski definition) is 4. The molecule has 2 aromatic rings. The Kier molecular flexibility index (Phi) is 6.97. The van der Waals surface area contributed by atoms with Gasteiger partial charge in [0.25, 0.3) is 0 Å². The van der Waals surface area contributed by atoms with Gasteiger partial charge in [-0.25, -0.2) is 0 Å². The van der Waals surface area contributed by atoms with Crippen molar-refractivity contribution < 1.29 is 19.3 Å². The lowest BCUT2D eigenvalue weighted by Gasteiger charge is -2.46. The minimum Gasteiger partial charge on any atom is -0.479 e. The molecular formula is C22H27N5O4. The maximum Gasteiger partial charge on any atom is 0.209 e. The van der Waals surface area contributed by atoms with Gasteiger partial charge < -0.3 is 35.7 Å². The number of rotatable bonds is 6. The smallest absolute Gasteiger partial charge is 0.209 e. The molecule has 2 aromatic carbocycles. The largest absolute Gasteiger partial charge is 0.479 e. The van der Waals surface area contributed by atoms with Crippen LogP contribution in [0, 0.1) is 11.5 Å². The van der Waals surface area contributed by atoms with E-state index >= 15 is 0 Å². The Balaban J connectivity index is 1.93. The maximum absolute atomic E-state index is 11.3. The summed E-state index contributed by atoms with van der Waals surface area (Å²) >= 11 is 0. The van der Waals surface area contributed by atoms with Crippen LogP contribution in [0.5, 0.6) is 5.75 Å². The van der Waals surface area contributed by atoms with Crippen molar-refractivity contribution in [3.05, 3.63) is 59.7 Å². The summed E-state index contributed by atoms with van der Waals surface area (Å²) in [6.45, 7) is 2.13. The van der Waals surface area contributed by atoms with Crippen molar-refractivity contribution in [2.45, 2.75) is 37.5 Å². The first-order valence-corrected chi connectivity index (χ1v) is 9.76. The molecule has 0 saturated carbocycles. The van der Waals surface area contributed by atoms with E-state index in [1.807, 2.05) is 30.3 Å². The van der Waals surface area contributed by atoms with Gasteiger partial charge in [0, 0.05) is 32.0 Å². The number of hydrogen-bond acceptors (Lipinski definition) is 7. The van der Waals surface area contributed by atoms with Crippen molar-refractivity contribution in [2.75, 3.05) is 20.0 Å². The summed E-state index contributed by atoms with van der Waals surface area (Å²) in [5, 5.41) is 26.7. The highest BCUT2D eigenvalue weighted by molar-refractivity contribution is 5.81. The van der Waals surface area contributed by atoms with E-state index in [-0.39, 0.29) is 5.96 Å². The van der Waals surface area contributed by atoms with Gasteiger partial charge in [0.2, 0.25) is 12.2 Å². The fraction of sp³-hybridized carbons (Fsp3) is 0.364. The fourth-order valence-corrected chi connectivity index (χ4v) is 3.71. The number of ether oxygens (including phenoxy) is 3. The highest BCUT2D eigenvalue weighted by Crippen LogP contribution is 2.43. The third-order valence-corrected chi connectivity index (χ3v) is 5.25. The number of fused-ring (bicyclic) bond motifs is 1. The van der Waals surface area contributed by atoms with E-state index in [0.29, 0.717) is 23.5 Å². The zero-order chi connectivity index (χ0) is 22.4. The number of nitrogens with one attached hydrogen (secondary N) is 2.